The number of rotatable bonds is 20. The highest BCUT2D eigenvalue weighted by Gasteiger charge is 2.29. The Bertz CT molecular complexity index is 838. The van der Waals surface area contributed by atoms with Crippen LogP contribution < -0.4 is 10.6 Å². The Kier molecular flexibility index (Phi) is 14.7. The van der Waals surface area contributed by atoms with Crippen LogP contribution in [0.1, 0.15) is 57.1 Å². The number of alkyl halides is 1. The van der Waals surface area contributed by atoms with Crippen LogP contribution in [0.15, 0.2) is 6.20 Å². The van der Waals surface area contributed by atoms with E-state index in [4.69, 9.17) is 10.2 Å². The van der Waals surface area contributed by atoms with Crippen LogP contribution in [0.25, 0.3) is 0 Å². The number of hydrogen-bond donors (Lipinski definition) is 5. The van der Waals surface area contributed by atoms with E-state index in [0.717, 1.165) is 36.5 Å². The first-order valence-corrected chi connectivity index (χ1v) is 12.0. The monoisotopic (exact) mass is 516 g/mol. The second-order valence-electron chi connectivity index (χ2n) is 8.46. The van der Waals surface area contributed by atoms with Gasteiger partial charge in [0.25, 0.3) is 0 Å². The number of hydrogen-bond acceptors (Lipinski definition) is 7. The highest BCUT2D eigenvalue weighted by Crippen LogP contribution is 2.09. The van der Waals surface area contributed by atoms with E-state index in [9.17, 15) is 28.7 Å². The number of nitrogens with one attached hydrogen (secondary N) is 2. The summed E-state index contributed by atoms with van der Waals surface area (Å²) >= 11 is 0. The Labute approximate surface area is 209 Å². The molecule has 0 saturated carbocycles. The van der Waals surface area contributed by atoms with Gasteiger partial charge in [-0.05, 0) is 64.5 Å². The quantitative estimate of drug-likeness (QED) is 0.157. The Morgan fingerprint density at radius 1 is 1.03 bits per heavy atom. The zero-order valence-corrected chi connectivity index (χ0v) is 20.6. The van der Waals surface area contributed by atoms with Crippen molar-refractivity contribution < 1.29 is 38.9 Å². The van der Waals surface area contributed by atoms with Crippen molar-refractivity contribution in [2.24, 2.45) is 0 Å². The predicted octanol–water partition coefficient (Wildman–Crippen LogP) is 1.13. The molecule has 0 saturated heterocycles. The fourth-order valence-corrected chi connectivity index (χ4v) is 3.45. The number of carboxylic acids is 3. The standard InChI is InChI=1S/C22H37FN6O7/c1-28(22(36)25-17(20(32)33)9-10-19(30)31)18(21(34)35)8-2-3-12-24-13-4-5-14-29-15-16(26-27-29)7-6-11-23/h15,17-18,24H,2-14H2,1H3,(H,25,36)(H,30,31)(H,32,33)(H,34,35)/t17-,18-/m0/s1. The van der Waals surface area contributed by atoms with E-state index in [1.165, 1.54) is 7.05 Å². The van der Waals surface area contributed by atoms with Crippen molar-refractivity contribution in [3.63, 3.8) is 0 Å². The molecule has 1 aromatic rings. The number of carbonyl (C=O) groups is 4. The lowest BCUT2D eigenvalue weighted by Gasteiger charge is -2.26. The molecular weight excluding hydrogens is 479 g/mol. The van der Waals surface area contributed by atoms with Gasteiger partial charge in [-0.1, -0.05) is 5.21 Å². The van der Waals surface area contributed by atoms with E-state index in [2.05, 4.69) is 20.9 Å². The molecule has 1 heterocycles. The van der Waals surface area contributed by atoms with E-state index < -0.39 is 42.4 Å². The van der Waals surface area contributed by atoms with Crippen LogP contribution in [-0.4, -0.2) is 98.0 Å². The minimum Gasteiger partial charge on any atom is -0.481 e. The van der Waals surface area contributed by atoms with Crippen molar-refractivity contribution >= 4 is 23.9 Å². The number of aryl methyl sites for hydroxylation is 2. The van der Waals surface area contributed by atoms with Gasteiger partial charge in [0.05, 0.1) is 12.4 Å². The maximum absolute atomic E-state index is 12.3. The first-order chi connectivity index (χ1) is 17.1. The van der Waals surface area contributed by atoms with Crippen LogP contribution in [0.5, 0.6) is 0 Å². The predicted molar refractivity (Wildman–Crippen MR) is 126 cm³/mol. The second kappa shape index (κ2) is 17.2. The Morgan fingerprint density at radius 3 is 2.33 bits per heavy atom. The molecule has 0 fully saturated rings. The second-order valence-corrected chi connectivity index (χ2v) is 8.46. The number of carboxylic acid groups (broad SMARTS) is 3. The Morgan fingerprint density at radius 2 is 1.72 bits per heavy atom. The number of nitrogens with zero attached hydrogens (tertiary/aromatic N) is 4. The van der Waals surface area contributed by atoms with Crippen LogP contribution in [-0.2, 0) is 27.3 Å². The molecular formula is C22H37FN6O7. The first kappa shape index (κ1) is 30.7. The van der Waals surface area contributed by atoms with Crippen LogP contribution in [0, 0.1) is 0 Å². The van der Waals surface area contributed by atoms with E-state index in [-0.39, 0.29) is 19.5 Å². The lowest BCUT2D eigenvalue weighted by atomic mass is 10.1. The summed E-state index contributed by atoms with van der Waals surface area (Å²) in [6, 6.07) is -3.46. The third-order valence-corrected chi connectivity index (χ3v) is 5.54. The average Bonchev–Trinajstić information content (AvgIpc) is 3.28. The highest BCUT2D eigenvalue weighted by molar-refractivity contribution is 5.86. The molecule has 204 valence electrons. The molecule has 36 heavy (non-hydrogen) atoms. The number of aliphatic carboxylic acids is 3. The molecule has 1 aromatic heterocycles. The van der Waals surface area contributed by atoms with Gasteiger partial charge in [0.2, 0.25) is 0 Å². The van der Waals surface area contributed by atoms with Gasteiger partial charge in [0, 0.05) is 26.2 Å². The molecule has 0 aliphatic heterocycles. The molecule has 14 heteroatoms. The van der Waals surface area contributed by atoms with Gasteiger partial charge in [-0.15, -0.1) is 5.10 Å². The molecule has 0 aromatic carbocycles. The van der Waals surface area contributed by atoms with Crippen molar-refractivity contribution in [3.8, 4) is 0 Å². The molecule has 0 aliphatic carbocycles. The molecule has 0 radical (unpaired) electrons. The fraction of sp³-hybridized carbons (Fsp3) is 0.727. The number of halogens is 1. The molecule has 0 spiro atoms. The maximum Gasteiger partial charge on any atom is 0.326 e. The van der Waals surface area contributed by atoms with Crippen molar-refractivity contribution in [2.45, 2.75) is 76.4 Å². The van der Waals surface area contributed by atoms with Gasteiger partial charge < -0.3 is 30.9 Å². The lowest BCUT2D eigenvalue weighted by Crippen LogP contribution is -2.52. The summed E-state index contributed by atoms with van der Waals surface area (Å²) in [4.78, 5) is 46.8. The number of likely N-dealkylation sites (N-methyl/N-ethyl adjacent to an activating group) is 1. The summed E-state index contributed by atoms with van der Waals surface area (Å²) in [7, 11) is 1.27. The van der Waals surface area contributed by atoms with E-state index in [1.54, 1.807) is 4.68 Å². The van der Waals surface area contributed by atoms with Crippen molar-refractivity contribution in [1.29, 1.82) is 0 Å². The average molecular weight is 517 g/mol. The normalized spacial score (nSPS) is 12.6. The zero-order valence-electron chi connectivity index (χ0n) is 20.6. The summed E-state index contributed by atoms with van der Waals surface area (Å²) in [5.74, 6) is -3.80. The van der Waals surface area contributed by atoms with Crippen LogP contribution in [0.2, 0.25) is 0 Å². The number of unbranched alkanes of at least 4 members (excludes halogenated alkanes) is 2. The third-order valence-electron chi connectivity index (χ3n) is 5.54. The summed E-state index contributed by atoms with van der Waals surface area (Å²) < 4.78 is 13.9. The van der Waals surface area contributed by atoms with Gasteiger partial charge in [-0.2, -0.15) is 0 Å². The number of urea groups is 1. The van der Waals surface area contributed by atoms with Gasteiger partial charge in [-0.3, -0.25) is 13.9 Å². The van der Waals surface area contributed by atoms with Gasteiger partial charge in [0.1, 0.15) is 12.1 Å². The summed E-state index contributed by atoms with van der Waals surface area (Å²) in [5.41, 5.74) is 0.786. The zero-order chi connectivity index (χ0) is 26.9. The first-order valence-electron chi connectivity index (χ1n) is 12.0. The number of aromatic nitrogens is 3. The SMILES string of the molecule is CN(C(=O)N[C@@H](CCC(=O)O)C(=O)O)[C@@H](CCCCNCCCCn1cc(CCCF)nn1)C(=O)O. The van der Waals surface area contributed by atoms with E-state index >= 15 is 0 Å². The maximum atomic E-state index is 12.3. The number of amides is 2. The molecule has 2 atom stereocenters. The third kappa shape index (κ3) is 12.4. The van der Waals surface area contributed by atoms with Crippen molar-refractivity contribution in [2.75, 3.05) is 26.8 Å². The van der Waals surface area contributed by atoms with Crippen LogP contribution in [0.3, 0.4) is 0 Å². The molecule has 1 rings (SSSR count). The molecule has 0 bridgehead atoms. The van der Waals surface area contributed by atoms with Crippen LogP contribution >= 0.6 is 0 Å². The van der Waals surface area contributed by atoms with Crippen molar-refractivity contribution in [1.82, 2.24) is 30.5 Å². The topological polar surface area (TPSA) is 187 Å². The largest absolute Gasteiger partial charge is 0.481 e. The van der Waals surface area contributed by atoms with Gasteiger partial charge >= 0.3 is 23.9 Å². The summed E-state index contributed by atoms with van der Waals surface area (Å²) in [6.07, 6.45) is 5.31. The summed E-state index contributed by atoms with van der Waals surface area (Å²) in [5, 5.41) is 40.8. The molecule has 5 N–H and O–H groups in total. The smallest absolute Gasteiger partial charge is 0.326 e. The molecule has 13 nitrogen and oxygen atoms in total. The minimum absolute atomic E-state index is 0.185. The Hall–Kier alpha value is -3.29. The molecule has 0 unspecified atom stereocenters. The number of carbonyl (C=O) groups excluding carboxylic acids is 1. The van der Waals surface area contributed by atoms with E-state index in [1.807, 2.05) is 6.20 Å². The highest BCUT2D eigenvalue weighted by atomic mass is 19.1. The van der Waals surface area contributed by atoms with Gasteiger partial charge in [-0.25, -0.2) is 14.4 Å². The van der Waals surface area contributed by atoms with E-state index in [0.29, 0.717) is 32.2 Å². The van der Waals surface area contributed by atoms with Crippen molar-refractivity contribution in [3.05, 3.63) is 11.9 Å². The minimum atomic E-state index is -1.43. The molecule has 2 amide bonds. The lowest BCUT2D eigenvalue weighted by molar-refractivity contribution is -0.142. The summed E-state index contributed by atoms with van der Waals surface area (Å²) in [6.45, 7) is 1.80. The van der Waals surface area contributed by atoms with Crippen LogP contribution in [0.4, 0.5) is 9.18 Å². The Balaban J connectivity index is 2.26. The fourth-order valence-electron chi connectivity index (χ4n) is 3.45. The molecule has 0 aliphatic rings. The van der Waals surface area contributed by atoms with Gasteiger partial charge in [0.15, 0.2) is 0 Å².